The first-order chi connectivity index (χ1) is 11.3. The van der Waals surface area contributed by atoms with E-state index in [4.69, 9.17) is 0 Å². The van der Waals surface area contributed by atoms with Gasteiger partial charge in [0.1, 0.15) is 0 Å². The van der Waals surface area contributed by atoms with Crippen LogP contribution < -0.4 is 0 Å². The maximum Gasteiger partial charge on any atom is 0.528 e. The van der Waals surface area contributed by atoms with Crippen LogP contribution >= 0.6 is 8.60 Å². The summed E-state index contributed by atoms with van der Waals surface area (Å²) in [6, 6.07) is 0. The van der Waals surface area contributed by atoms with Crippen molar-refractivity contribution in [2.75, 3.05) is 0 Å². The molecule has 0 fully saturated rings. The van der Waals surface area contributed by atoms with E-state index in [2.05, 4.69) is 13.6 Å². The molecule has 3 nitrogen and oxygen atoms in total. The van der Waals surface area contributed by atoms with Gasteiger partial charge in [0.25, 0.3) is 0 Å². The van der Waals surface area contributed by atoms with E-state index < -0.39 is 46.4 Å². The minimum absolute atomic E-state index is 0.522. The number of halogens is 9. The van der Waals surface area contributed by atoms with E-state index in [0.717, 1.165) is 0 Å². The van der Waals surface area contributed by atoms with Crippen LogP contribution in [0.1, 0.15) is 19.3 Å². The average Bonchev–Trinajstić information content (AvgIpc) is 2.40. The van der Waals surface area contributed by atoms with Crippen molar-refractivity contribution in [3.63, 3.8) is 0 Å². The Morgan fingerprint density at radius 1 is 0.520 bits per heavy atom. The van der Waals surface area contributed by atoms with Crippen molar-refractivity contribution < 1.29 is 53.1 Å². The fourth-order valence-electron chi connectivity index (χ4n) is 0.898. The quantitative estimate of drug-likeness (QED) is 0.243. The second-order valence-electron chi connectivity index (χ2n) is 4.11. The zero-order valence-electron chi connectivity index (χ0n) is 12.2. The topological polar surface area (TPSA) is 27.7 Å². The summed E-state index contributed by atoms with van der Waals surface area (Å²) in [6.07, 6.45) is -14.4. The van der Waals surface area contributed by atoms with Crippen molar-refractivity contribution in [1.29, 1.82) is 0 Å². The first kappa shape index (κ1) is 23.4. The molecule has 0 spiro atoms. The molecule has 0 unspecified atom stereocenters. The summed E-state index contributed by atoms with van der Waals surface area (Å²) in [5, 5.41) is 0. The van der Waals surface area contributed by atoms with Crippen LogP contribution in [0.2, 0.25) is 0 Å². The molecular weight excluding hydrogens is 394 g/mol. The van der Waals surface area contributed by atoms with E-state index in [-0.39, 0.29) is 0 Å². The van der Waals surface area contributed by atoms with E-state index in [9.17, 15) is 39.5 Å². The summed E-state index contributed by atoms with van der Waals surface area (Å²) in [4.78, 5) is 0. The molecule has 0 saturated heterocycles. The highest BCUT2D eigenvalue weighted by Gasteiger charge is 2.26. The van der Waals surface area contributed by atoms with Crippen molar-refractivity contribution in [3.05, 3.63) is 37.0 Å². The summed E-state index contributed by atoms with van der Waals surface area (Å²) < 4.78 is 121. The van der Waals surface area contributed by atoms with Crippen LogP contribution in [0.25, 0.3) is 0 Å². The monoisotopic (exact) mass is 406 g/mol. The second-order valence-corrected chi connectivity index (χ2v) is 5.19. The molecule has 0 aliphatic rings. The summed E-state index contributed by atoms with van der Waals surface area (Å²) in [6.45, 7) is 0. The highest BCUT2D eigenvalue weighted by Crippen LogP contribution is 2.41. The Morgan fingerprint density at radius 3 is 0.960 bits per heavy atom. The molecule has 0 aromatic carbocycles. The van der Waals surface area contributed by atoms with Gasteiger partial charge in [-0.3, -0.25) is 0 Å². The molecule has 13 heteroatoms. The first-order valence-electron chi connectivity index (χ1n) is 6.24. The molecule has 0 amide bonds. The van der Waals surface area contributed by atoms with Gasteiger partial charge in [-0.15, -0.1) is 0 Å². The van der Waals surface area contributed by atoms with Crippen LogP contribution in [0.15, 0.2) is 37.0 Å². The third-order valence-electron chi connectivity index (χ3n) is 1.78. The molecule has 25 heavy (non-hydrogen) atoms. The third-order valence-corrected chi connectivity index (χ3v) is 2.66. The fraction of sp³-hybridized carbons (Fsp3) is 0.500. The highest BCUT2D eigenvalue weighted by atomic mass is 31.2. The Labute approximate surface area is 137 Å². The van der Waals surface area contributed by atoms with Crippen molar-refractivity contribution >= 4 is 8.60 Å². The lowest BCUT2D eigenvalue weighted by Crippen LogP contribution is -2.04. The van der Waals surface area contributed by atoms with E-state index in [1.807, 2.05) is 0 Å². The molecule has 0 atom stereocenters. The fourth-order valence-corrected chi connectivity index (χ4v) is 1.60. The Balaban J connectivity index is 4.54. The number of rotatable bonds is 9. The molecule has 0 aromatic heterocycles. The maximum absolute atomic E-state index is 11.9. The molecule has 0 aliphatic heterocycles. The lowest BCUT2D eigenvalue weighted by atomic mass is 10.4. The Hall–Kier alpha value is -1.58. The molecule has 0 rings (SSSR count). The molecule has 0 aromatic rings. The zero-order chi connectivity index (χ0) is 19.6. The molecule has 0 radical (unpaired) electrons. The molecule has 0 bridgehead atoms. The number of allylic oxidation sites excluding steroid dienone is 3. The lowest BCUT2D eigenvalue weighted by Gasteiger charge is -2.11. The van der Waals surface area contributed by atoms with E-state index in [0.29, 0.717) is 37.0 Å². The van der Waals surface area contributed by atoms with Crippen molar-refractivity contribution in [2.24, 2.45) is 0 Å². The lowest BCUT2D eigenvalue weighted by molar-refractivity contribution is -0.126. The Kier molecular flexibility index (Phi) is 9.76. The van der Waals surface area contributed by atoms with Crippen LogP contribution in [0.5, 0.6) is 0 Å². The normalized spacial score (nSPS) is 15.2. The van der Waals surface area contributed by atoms with Gasteiger partial charge >= 0.3 is 27.1 Å². The molecule has 146 valence electrons. The minimum Gasteiger partial charge on any atom is -0.417 e. The van der Waals surface area contributed by atoms with Gasteiger partial charge < -0.3 is 13.6 Å². The number of hydrogen-bond acceptors (Lipinski definition) is 3. The predicted molar refractivity (Wildman–Crippen MR) is 69.6 cm³/mol. The van der Waals surface area contributed by atoms with Crippen molar-refractivity contribution in [3.8, 4) is 0 Å². The summed E-state index contributed by atoms with van der Waals surface area (Å²) in [5.74, 6) is 0. The smallest absolute Gasteiger partial charge is 0.417 e. The molecule has 0 N–H and O–H groups in total. The molecule has 0 aliphatic carbocycles. The average molecular weight is 406 g/mol. The predicted octanol–water partition coefficient (Wildman–Crippen LogP) is 6.66. The van der Waals surface area contributed by atoms with Crippen LogP contribution in [-0.4, -0.2) is 18.5 Å². The molecule has 0 saturated carbocycles. The molecular formula is C12H12F9O3P. The Morgan fingerprint density at radius 2 is 0.760 bits per heavy atom. The van der Waals surface area contributed by atoms with Gasteiger partial charge in [-0.25, -0.2) is 0 Å². The van der Waals surface area contributed by atoms with E-state index in [1.165, 1.54) is 0 Å². The number of alkyl halides is 9. The molecule has 0 heterocycles. The van der Waals surface area contributed by atoms with Gasteiger partial charge in [0, 0.05) is 0 Å². The van der Waals surface area contributed by atoms with Crippen molar-refractivity contribution in [1.82, 2.24) is 0 Å². The minimum atomic E-state index is -4.51. The Bertz CT molecular complexity index is 386. The number of hydrogen-bond donors (Lipinski definition) is 0. The second kappa shape index (κ2) is 10.4. The van der Waals surface area contributed by atoms with E-state index >= 15 is 0 Å². The van der Waals surface area contributed by atoms with Gasteiger partial charge in [0.2, 0.25) is 0 Å². The largest absolute Gasteiger partial charge is 0.528 e. The van der Waals surface area contributed by atoms with Gasteiger partial charge in [-0.1, -0.05) is 0 Å². The first-order valence-corrected chi connectivity index (χ1v) is 7.34. The van der Waals surface area contributed by atoms with E-state index in [1.54, 1.807) is 0 Å². The van der Waals surface area contributed by atoms with Gasteiger partial charge in [0.05, 0.1) is 38.0 Å². The van der Waals surface area contributed by atoms with Crippen LogP contribution in [0, 0.1) is 0 Å². The van der Waals surface area contributed by atoms with Crippen LogP contribution in [0.3, 0.4) is 0 Å². The summed E-state index contributed by atoms with van der Waals surface area (Å²) in [7, 11) is -2.57. The van der Waals surface area contributed by atoms with Crippen molar-refractivity contribution in [2.45, 2.75) is 37.8 Å². The van der Waals surface area contributed by atoms with Gasteiger partial charge in [-0.05, 0) is 18.2 Å². The summed E-state index contributed by atoms with van der Waals surface area (Å²) >= 11 is 0. The highest BCUT2D eigenvalue weighted by molar-refractivity contribution is 7.42. The maximum atomic E-state index is 11.9. The van der Waals surface area contributed by atoms with Crippen LogP contribution in [0.4, 0.5) is 39.5 Å². The van der Waals surface area contributed by atoms with Crippen LogP contribution in [-0.2, 0) is 13.6 Å². The standard InChI is InChI=1S/C12H12F9O3P/c13-10(14,15)4-1-7-22-25(23-8-2-5-11(16,17)18)24-9-3-6-12(19,20)21/h1-3,7-9H,4-6H2. The van der Waals surface area contributed by atoms with Gasteiger partial charge in [0.15, 0.2) is 0 Å². The zero-order valence-corrected chi connectivity index (χ0v) is 13.1. The third kappa shape index (κ3) is 18.6. The van der Waals surface area contributed by atoms with Gasteiger partial charge in [-0.2, -0.15) is 39.5 Å². The summed E-state index contributed by atoms with van der Waals surface area (Å²) in [5.41, 5.74) is 0. The SMILES string of the molecule is FC(F)(F)CC=COP(OC=CCC(F)(F)F)OC=CCC(F)(F)F.